The largest absolute Gasteiger partial charge is 0.493 e. The summed E-state index contributed by atoms with van der Waals surface area (Å²) in [6.07, 6.45) is 4.69. The fraction of sp³-hybridized carbons (Fsp3) is 0.562. The van der Waals surface area contributed by atoms with Crippen molar-refractivity contribution in [3.8, 4) is 5.75 Å². The first-order valence-electron chi connectivity index (χ1n) is 7.34. The minimum atomic E-state index is 0.0397. The SMILES string of the molecule is CC(C)COc1cccc(SC(=O)NC2CCCC2)c1. The van der Waals surface area contributed by atoms with Crippen molar-refractivity contribution in [3.63, 3.8) is 0 Å². The number of ether oxygens (including phenoxy) is 1. The Balaban J connectivity index is 1.85. The van der Waals surface area contributed by atoms with E-state index in [0.29, 0.717) is 18.6 Å². The Kier molecular flexibility index (Phi) is 5.77. The van der Waals surface area contributed by atoms with E-state index < -0.39 is 0 Å². The number of hydrogen-bond donors (Lipinski definition) is 1. The molecule has 1 fully saturated rings. The predicted octanol–water partition coefficient (Wildman–Crippen LogP) is 4.47. The first-order valence-corrected chi connectivity index (χ1v) is 8.16. The van der Waals surface area contributed by atoms with Gasteiger partial charge in [-0.05, 0) is 48.7 Å². The third kappa shape index (κ3) is 5.08. The molecule has 0 saturated heterocycles. The second kappa shape index (κ2) is 7.58. The summed E-state index contributed by atoms with van der Waals surface area (Å²) in [4.78, 5) is 12.9. The quantitative estimate of drug-likeness (QED) is 0.814. The van der Waals surface area contributed by atoms with Crippen molar-refractivity contribution in [2.75, 3.05) is 6.61 Å². The van der Waals surface area contributed by atoms with Crippen LogP contribution in [-0.2, 0) is 0 Å². The number of carbonyl (C=O) groups excluding carboxylic acids is 1. The van der Waals surface area contributed by atoms with Crippen molar-refractivity contribution < 1.29 is 9.53 Å². The highest BCUT2D eigenvalue weighted by Gasteiger charge is 2.17. The summed E-state index contributed by atoms with van der Waals surface area (Å²) in [7, 11) is 0. The fourth-order valence-corrected chi connectivity index (χ4v) is 3.03. The van der Waals surface area contributed by atoms with Gasteiger partial charge in [0, 0.05) is 10.9 Å². The highest BCUT2D eigenvalue weighted by Crippen LogP contribution is 2.25. The molecule has 0 unspecified atom stereocenters. The molecule has 110 valence electrons. The molecule has 0 heterocycles. The minimum Gasteiger partial charge on any atom is -0.493 e. The number of hydrogen-bond acceptors (Lipinski definition) is 3. The molecule has 1 aliphatic carbocycles. The fourth-order valence-electron chi connectivity index (χ4n) is 2.26. The molecule has 2 rings (SSSR count). The summed E-state index contributed by atoms with van der Waals surface area (Å²) in [6.45, 7) is 4.93. The van der Waals surface area contributed by atoms with Crippen LogP contribution in [0.5, 0.6) is 5.75 Å². The van der Waals surface area contributed by atoms with E-state index in [1.54, 1.807) is 0 Å². The zero-order valence-corrected chi connectivity index (χ0v) is 13.0. The number of amides is 1. The van der Waals surface area contributed by atoms with E-state index in [0.717, 1.165) is 23.5 Å². The summed E-state index contributed by atoms with van der Waals surface area (Å²) in [6, 6.07) is 8.11. The van der Waals surface area contributed by atoms with Crippen LogP contribution in [0.2, 0.25) is 0 Å². The van der Waals surface area contributed by atoms with E-state index in [-0.39, 0.29) is 5.24 Å². The molecular formula is C16H23NO2S. The van der Waals surface area contributed by atoms with E-state index in [1.165, 1.54) is 24.6 Å². The maximum Gasteiger partial charge on any atom is 0.284 e. The maximum atomic E-state index is 12.0. The van der Waals surface area contributed by atoms with Crippen LogP contribution in [0.25, 0.3) is 0 Å². The molecule has 1 amide bonds. The Bertz CT molecular complexity index is 442. The molecule has 1 saturated carbocycles. The predicted molar refractivity (Wildman–Crippen MR) is 83.4 cm³/mol. The Hall–Kier alpha value is -1.16. The van der Waals surface area contributed by atoms with Crippen molar-refractivity contribution in [1.29, 1.82) is 0 Å². The van der Waals surface area contributed by atoms with Crippen LogP contribution in [0.4, 0.5) is 4.79 Å². The van der Waals surface area contributed by atoms with Crippen LogP contribution in [0.1, 0.15) is 39.5 Å². The Labute approximate surface area is 125 Å². The smallest absolute Gasteiger partial charge is 0.284 e. The molecule has 4 heteroatoms. The van der Waals surface area contributed by atoms with Crippen LogP contribution in [0.15, 0.2) is 29.2 Å². The van der Waals surface area contributed by atoms with Gasteiger partial charge in [0.2, 0.25) is 0 Å². The molecule has 0 aliphatic heterocycles. The van der Waals surface area contributed by atoms with Gasteiger partial charge in [0.05, 0.1) is 6.61 Å². The lowest BCUT2D eigenvalue weighted by atomic mass is 10.2. The summed E-state index contributed by atoms with van der Waals surface area (Å²) in [5.41, 5.74) is 0. The molecule has 0 radical (unpaired) electrons. The van der Waals surface area contributed by atoms with Crippen LogP contribution in [0, 0.1) is 5.92 Å². The highest BCUT2D eigenvalue weighted by atomic mass is 32.2. The molecule has 20 heavy (non-hydrogen) atoms. The number of thioether (sulfide) groups is 1. The van der Waals surface area contributed by atoms with Gasteiger partial charge in [0.25, 0.3) is 5.24 Å². The van der Waals surface area contributed by atoms with Gasteiger partial charge in [0.1, 0.15) is 5.75 Å². The van der Waals surface area contributed by atoms with Crippen molar-refractivity contribution in [1.82, 2.24) is 5.32 Å². The van der Waals surface area contributed by atoms with Gasteiger partial charge in [-0.15, -0.1) is 0 Å². The zero-order chi connectivity index (χ0) is 14.4. The van der Waals surface area contributed by atoms with Gasteiger partial charge in [0.15, 0.2) is 0 Å². The van der Waals surface area contributed by atoms with E-state index in [1.807, 2.05) is 24.3 Å². The Morgan fingerprint density at radius 1 is 1.40 bits per heavy atom. The minimum absolute atomic E-state index is 0.0397. The van der Waals surface area contributed by atoms with Crippen LogP contribution >= 0.6 is 11.8 Å². The molecular weight excluding hydrogens is 270 g/mol. The van der Waals surface area contributed by atoms with E-state index >= 15 is 0 Å². The van der Waals surface area contributed by atoms with E-state index in [9.17, 15) is 4.79 Å². The lowest BCUT2D eigenvalue weighted by molar-refractivity contribution is 0.257. The molecule has 1 aliphatic rings. The van der Waals surface area contributed by atoms with Gasteiger partial charge in [-0.25, -0.2) is 0 Å². The lowest BCUT2D eigenvalue weighted by Gasteiger charge is -2.12. The average molecular weight is 293 g/mol. The number of nitrogens with one attached hydrogen (secondary N) is 1. The monoisotopic (exact) mass is 293 g/mol. The van der Waals surface area contributed by atoms with Crippen molar-refractivity contribution in [2.24, 2.45) is 5.92 Å². The number of carbonyl (C=O) groups is 1. The molecule has 1 N–H and O–H groups in total. The first-order chi connectivity index (χ1) is 9.63. The first kappa shape index (κ1) is 15.2. The standard InChI is InChI=1S/C16H23NO2S/c1-12(2)11-19-14-8-5-9-15(10-14)20-16(18)17-13-6-3-4-7-13/h5,8-10,12-13H,3-4,6-7,11H2,1-2H3,(H,17,18). The number of rotatable bonds is 5. The number of benzene rings is 1. The van der Waals surface area contributed by atoms with Crippen molar-refractivity contribution >= 4 is 17.0 Å². The molecule has 3 nitrogen and oxygen atoms in total. The summed E-state index contributed by atoms with van der Waals surface area (Å²) < 4.78 is 5.68. The van der Waals surface area contributed by atoms with E-state index in [4.69, 9.17) is 4.74 Å². The van der Waals surface area contributed by atoms with E-state index in [2.05, 4.69) is 19.2 Å². The van der Waals surface area contributed by atoms with Crippen LogP contribution < -0.4 is 10.1 Å². The van der Waals surface area contributed by atoms with Crippen molar-refractivity contribution in [3.05, 3.63) is 24.3 Å². The average Bonchev–Trinajstić information content (AvgIpc) is 2.89. The molecule has 1 aromatic carbocycles. The van der Waals surface area contributed by atoms with Crippen LogP contribution in [-0.4, -0.2) is 17.9 Å². The van der Waals surface area contributed by atoms with Gasteiger partial charge in [-0.1, -0.05) is 32.8 Å². The van der Waals surface area contributed by atoms with Gasteiger partial charge >= 0.3 is 0 Å². The third-order valence-corrected chi connectivity index (χ3v) is 4.07. The second-order valence-corrected chi connectivity index (χ2v) is 6.74. The molecule has 1 aromatic rings. The van der Waals surface area contributed by atoms with Crippen LogP contribution in [0.3, 0.4) is 0 Å². The lowest BCUT2D eigenvalue weighted by Crippen LogP contribution is -2.29. The molecule has 0 spiro atoms. The Morgan fingerprint density at radius 3 is 2.85 bits per heavy atom. The normalized spacial score (nSPS) is 15.6. The molecule has 0 atom stereocenters. The topological polar surface area (TPSA) is 38.3 Å². The zero-order valence-electron chi connectivity index (χ0n) is 12.2. The third-order valence-electron chi connectivity index (χ3n) is 3.28. The Morgan fingerprint density at radius 2 is 2.15 bits per heavy atom. The summed E-state index contributed by atoms with van der Waals surface area (Å²) in [5, 5.41) is 3.12. The molecule has 0 bridgehead atoms. The van der Waals surface area contributed by atoms with Gasteiger partial charge in [-0.3, -0.25) is 4.79 Å². The summed E-state index contributed by atoms with van der Waals surface area (Å²) >= 11 is 1.25. The van der Waals surface area contributed by atoms with Crippen molar-refractivity contribution in [2.45, 2.75) is 50.5 Å². The highest BCUT2D eigenvalue weighted by molar-refractivity contribution is 8.13. The van der Waals surface area contributed by atoms with Gasteiger partial charge in [-0.2, -0.15) is 0 Å². The second-order valence-electron chi connectivity index (χ2n) is 5.69. The molecule has 0 aromatic heterocycles. The maximum absolute atomic E-state index is 12.0. The summed E-state index contributed by atoms with van der Waals surface area (Å²) in [5.74, 6) is 1.33. The van der Waals surface area contributed by atoms with Gasteiger partial charge < -0.3 is 10.1 Å².